The molecule has 0 bridgehead atoms. The lowest BCUT2D eigenvalue weighted by molar-refractivity contribution is 0.138. The molecule has 0 aliphatic carbocycles. The van der Waals surface area contributed by atoms with Crippen molar-refractivity contribution in [3.8, 4) is 6.07 Å². The molecule has 1 aromatic rings. The summed E-state index contributed by atoms with van der Waals surface area (Å²) in [6.07, 6.45) is 4.83. The molecule has 0 radical (unpaired) electrons. The molecule has 110 valence electrons. The summed E-state index contributed by atoms with van der Waals surface area (Å²) in [7, 11) is 0. The van der Waals surface area contributed by atoms with Gasteiger partial charge < -0.3 is 14.8 Å². The summed E-state index contributed by atoms with van der Waals surface area (Å²) in [6.45, 7) is 1.94. The standard InChI is InChI=1S/C18H16N2O2/c19-9-12-2-1-3-13(8-12)18-14-4-6-21-10-16(14)20-17-11-22-7-5-15(17)18/h1-4,8,10,18,20H,5-7,11H2. The molecule has 0 amide bonds. The second-order valence-electron chi connectivity index (χ2n) is 5.63. The third-order valence-electron chi connectivity index (χ3n) is 4.36. The van der Waals surface area contributed by atoms with Gasteiger partial charge in [-0.05, 0) is 41.3 Å². The van der Waals surface area contributed by atoms with Gasteiger partial charge in [-0.15, -0.1) is 0 Å². The van der Waals surface area contributed by atoms with Crippen molar-refractivity contribution in [3.63, 3.8) is 0 Å². The lowest BCUT2D eigenvalue weighted by Crippen LogP contribution is -2.34. The minimum atomic E-state index is 0.184. The van der Waals surface area contributed by atoms with Gasteiger partial charge in [-0.2, -0.15) is 5.26 Å². The van der Waals surface area contributed by atoms with Crippen molar-refractivity contribution >= 4 is 0 Å². The summed E-state index contributed by atoms with van der Waals surface area (Å²) in [5.74, 6) is 0.184. The molecule has 0 saturated heterocycles. The number of fused-ring (bicyclic) bond motifs is 1. The van der Waals surface area contributed by atoms with Gasteiger partial charge in [-0.1, -0.05) is 12.1 Å². The average Bonchev–Trinajstić information content (AvgIpc) is 2.59. The SMILES string of the molecule is N#Cc1cccc(C2C3=CCOC=C3NC3=C2CCOC3)c1. The molecular weight excluding hydrogens is 276 g/mol. The zero-order valence-electron chi connectivity index (χ0n) is 12.1. The number of nitrogens with zero attached hydrogens (tertiary/aromatic N) is 1. The van der Waals surface area contributed by atoms with E-state index in [1.54, 1.807) is 6.26 Å². The van der Waals surface area contributed by atoms with Gasteiger partial charge in [0.05, 0.1) is 30.5 Å². The normalized spacial score (nSPS) is 23.1. The van der Waals surface area contributed by atoms with Gasteiger partial charge in [0.1, 0.15) is 12.9 Å². The molecule has 4 nitrogen and oxygen atoms in total. The summed E-state index contributed by atoms with van der Waals surface area (Å²) >= 11 is 0. The zero-order chi connectivity index (χ0) is 14.9. The molecule has 1 atom stereocenters. The largest absolute Gasteiger partial charge is 0.495 e. The van der Waals surface area contributed by atoms with Crippen LogP contribution in [0.5, 0.6) is 0 Å². The second kappa shape index (κ2) is 5.36. The lowest BCUT2D eigenvalue weighted by Gasteiger charge is -2.37. The fourth-order valence-corrected chi connectivity index (χ4v) is 3.38. The van der Waals surface area contributed by atoms with Crippen molar-refractivity contribution in [2.45, 2.75) is 12.3 Å². The second-order valence-corrected chi connectivity index (χ2v) is 5.63. The Labute approximate surface area is 129 Å². The number of benzene rings is 1. The summed E-state index contributed by atoms with van der Waals surface area (Å²) in [6, 6.07) is 10.1. The van der Waals surface area contributed by atoms with Gasteiger partial charge in [0.25, 0.3) is 0 Å². The van der Waals surface area contributed by atoms with Crippen LogP contribution in [0.1, 0.15) is 23.5 Å². The van der Waals surface area contributed by atoms with E-state index in [2.05, 4.69) is 23.5 Å². The van der Waals surface area contributed by atoms with Crippen LogP contribution in [0.4, 0.5) is 0 Å². The fourth-order valence-electron chi connectivity index (χ4n) is 3.38. The van der Waals surface area contributed by atoms with E-state index in [4.69, 9.17) is 9.47 Å². The van der Waals surface area contributed by atoms with Crippen molar-refractivity contribution < 1.29 is 9.47 Å². The average molecular weight is 292 g/mol. The topological polar surface area (TPSA) is 54.3 Å². The third kappa shape index (κ3) is 2.11. The Kier molecular flexibility index (Phi) is 3.21. The van der Waals surface area contributed by atoms with E-state index in [1.165, 1.54) is 11.1 Å². The van der Waals surface area contributed by atoms with E-state index < -0.39 is 0 Å². The number of nitriles is 1. The monoisotopic (exact) mass is 292 g/mol. The van der Waals surface area contributed by atoms with Crippen molar-refractivity contribution in [2.75, 3.05) is 19.8 Å². The molecule has 0 spiro atoms. The first-order valence-corrected chi connectivity index (χ1v) is 7.46. The first kappa shape index (κ1) is 13.2. The molecular formula is C18H16N2O2. The molecule has 0 fully saturated rings. The quantitative estimate of drug-likeness (QED) is 0.864. The molecule has 3 aliphatic heterocycles. The van der Waals surface area contributed by atoms with Crippen LogP contribution in [-0.4, -0.2) is 19.8 Å². The summed E-state index contributed by atoms with van der Waals surface area (Å²) in [5, 5.41) is 12.6. The van der Waals surface area contributed by atoms with Gasteiger partial charge >= 0.3 is 0 Å². The van der Waals surface area contributed by atoms with E-state index in [1.807, 2.05) is 18.2 Å². The lowest BCUT2D eigenvalue weighted by atomic mass is 9.77. The van der Waals surface area contributed by atoms with Crippen LogP contribution in [0.3, 0.4) is 0 Å². The molecule has 3 aliphatic rings. The highest BCUT2D eigenvalue weighted by atomic mass is 16.5. The van der Waals surface area contributed by atoms with E-state index in [-0.39, 0.29) is 5.92 Å². The van der Waals surface area contributed by atoms with Gasteiger partial charge in [-0.25, -0.2) is 0 Å². The Hall–Kier alpha value is -2.51. The Morgan fingerprint density at radius 2 is 2.27 bits per heavy atom. The number of hydrogen-bond acceptors (Lipinski definition) is 4. The number of ether oxygens (including phenoxy) is 2. The van der Waals surface area contributed by atoms with Crippen molar-refractivity contribution in [3.05, 3.63) is 70.3 Å². The minimum Gasteiger partial charge on any atom is -0.495 e. The molecule has 4 heteroatoms. The van der Waals surface area contributed by atoms with Gasteiger partial charge in [-0.3, -0.25) is 0 Å². The van der Waals surface area contributed by atoms with Crippen molar-refractivity contribution in [1.29, 1.82) is 5.26 Å². The maximum atomic E-state index is 9.18. The fraction of sp³-hybridized carbons (Fsp3) is 0.278. The first-order chi connectivity index (χ1) is 10.9. The summed E-state index contributed by atoms with van der Waals surface area (Å²) in [5.41, 5.74) is 6.60. The van der Waals surface area contributed by atoms with E-state index in [0.29, 0.717) is 18.8 Å². The predicted octanol–water partition coefficient (Wildman–Crippen LogP) is 2.72. The van der Waals surface area contributed by atoms with Crippen LogP contribution in [0, 0.1) is 11.3 Å². The first-order valence-electron chi connectivity index (χ1n) is 7.46. The predicted molar refractivity (Wildman–Crippen MR) is 81.6 cm³/mol. The molecule has 3 heterocycles. The van der Waals surface area contributed by atoms with Gasteiger partial charge in [0.15, 0.2) is 0 Å². The number of rotatable bonds is 1. The van der Waals surface area contributed by atoms with Gasteiger partial charge in [0, 0.05) is 11.6 Å². The van der Waals surface area contributed by atoms with Crippen LogP contribution >= 0.6 is 0 Å². The zero-order valence-corrected chi connectivity index (χ0v) is 12.1. The molecule has 0 aromatic heterocycles. The van der Waals surface area contributed by atoms with Crippen LogP contribution in [-0.2, 0) is 9.47 Å². The molecule has 1 N–H and O–H groups in total. The maximum Gasteiger partial charge on any atom is 0.107 e. The van der Waals surface area contributed by atoms with Crippen molar-refractivity contribution in [1.82, 2.24) is 5.32 Å². The Morgan fingerprint density at radius 3 is 3.18 bits per heavy atom. The highest BCUT2D eigenvalue weighted by Gasteiger charge is 2.33. The Balaban J connectivity index is 1.87. The highest BCUT2D eigenvalue weighted by Crippen LogP contribution is 2.43. The molecule has 0 saturated carbocycles. The number of allylic oxidation sites excluding steroid dienone is 1. The number of hydrogen-bond donors (Lipinski definition) is 1. The van der Waals surface area contributed by atoms with Crippen LogP contribution in [0.15, 0.2) is 59.1 Å². The van der Waals surface area contributed by atoms with E-state index >= 15 is 0 Å². The molecule has 4 rings (SSSR count). The Morgan fingerprint density at radius 1 is 1.32 bits per heavy atom. The maximum absolute atomic E-state index is 9.18. The van der Waals surface area contributed by atoms with Gasteiger partial charge in [0.2, 0.25) is 0 Å². The molecule has 1 unspecified atom stereocenters. The van der Waals surface area contributed by atoms with Crippen molar-refractivity contribution in [2.24, 2.45) is 0 Å². The van der Waals surface area contributed by atoms with Crippen LogP contribution < -0.4 is 5.32 Å². The Bertz CT molecular complexity index is 753. The smallest absolute Gasteiger partial charge is 0.107 e. The van der Waals surface area contributed by atoms with E-state index in [0.717, 1.165) is 30.0 Å². The van der Waals surface area contributed by atoms with E-state index in [9.17, 15) is 5.26 Å². The number of nitrogens with one attached hydrogen (secondary N) is 1. The summed E-state index contributed by atoms with van der Waals surface area (Å²) < 4.78 is 11.0. The van der Waals surface area contributed by atoms with Crippen LogP contribution in [0.2, 0.25) is 0 Å². The highest BCUT2D eigenvalue weighted by molar-refractivity contribution is 5.54. The third-order valence-corrected chi connectivity index (χ3v) is 4.36. The molecule has 22 heavy (non-hydrogen) atoms. The van der Waals surface area contributed by atoms with Crippen LogP contribution in [0.25, 0.3) is 0 Å². The molecule has 1 aromatic carbocycles. The minimum absolute atomic E-state index is 0.184. The summed E-state index contributed by atoms with van der Waals surface area (Å²) in [4.78, 5) is 0.